The van der Waals surface area contributed by atoms with Crippen molar-refractivity contribution in [3.8, 4) is 0 Å². The van der Waals surface area contributed by atoms with Gasteiger partial charge in [-0.05, 0) is 23.6 Å². The Hall–Kier alpha value is -1.81. The molecule has 0 aliphatic carbocycles. The van der Waals surface area contributed by atoms with Gasteiger partial charge in [0.15, 0.2) is 0 Å². The summed E-state index contributed by atoms with van der Waals surface area (Å²) in [5.41, 5.74) is 9.76. The van der Waals surface area contributed by atoms with Gasteiger partial charge in [0, 0.05) is 36.3 Å². The summed E-state index contributed by atoms with van der Waals surface area (Å²) in [6, 6.07) is 18.6. The van der Waals surface area contributed by atoms with Crippen LogP contribution >= 0.6 is 12.4 Å². The highest BCUT2D eigenvalue weighted by molar-refractivity contribution is 5.85. The lowest BCUT2D eigenvalue weighted by atomic mass is 10.0. The molecule has 116 valence electrons. The number of hydrogen-bond acceptors (Lipinski definition) is 2. The monoisotopic (exact) mass is 316 g/mol. The zero-order chi connectivity index (χ0) is 14.7. The molecular formula is C18H21ClN2O. The minimum Gasteiger partial charge on any atom is -0.396 e. The number of para-hydroxylation sites is 1. The van der Waals surface area contributed by atoms with Crippen LogP contribution in [0.5, 0.6) is 0 Å². The number of nitrogens with two attached hydrogens (primary N) is 1. The number of aliphatic hydroxyl groups excluding tert-OH is 1. The molecule has 0 amide bonds. The summed E-state index contributed by atoms with van der Waals surface area (Å²) in [5.74, 6) is 0. The quantitative estimate of drug-likeness (QED) is 0.757. The fourth-order valence-electron chi connectivity index (χ4n) is 2.78. The molecule has 22 heavy (non-hydrogen) atoms. The van der Waals surface area contributed by atoms with Crippen molar-refractivity contribution in [1.29, 1.82) is 0 Å². The predicted molar refractivity (Wildman–Crippen MR) is 93.4 cm³/mol. The maximum atomic E-state index is 9.13. The van der Waals surface area contributed by atoms with Crippen LogP contribution in [0.25, 0.3) is 10.9 Å². The summed E-state index contributed by atoms with van der Waals surface area (Å²) in [4.78, 5) is 0. The van der Waals surface area contributed by atoms with E-state index >= 15 is 0 Å². The average molecular weight is 317 g/mol. The third-order valence-electron chi connectivity index (χ3n) is 3.85. The summed E-state index contributed by atoms with van der Waals surface area (Å²) < 4.78 is 2.23. The Labute approximate surface area is 136 Å². The van der Waals surface area contributed by atoms with E-state index in [2.05, 4.69) is 47.2 Å². The molecule has 0 aliphatic heterocycles. The van der Waals surface area contributed by atoms with Gasteiger partial charge < -0.3 is 15.4 Å². The van der Waals surface area contributed by atoms with Crippen molar-refractivity contribution in [2.45, 2.75) is 19.0 Å². The zero-order valence-corrected chi connectivity index (χ0v) is 13.2. The summed E-state index contributed by atoms with van der Waals surface area (Å²) in [6.45, 7) is 0.937. The second-order valence-electron chi connectivity index (χ2n) is 5.33. The minimum absolute atomic E-state index is 0. The van der Waals surface area contributed by atoms with Gasteiger partial charge in [0.25, 0.3) is 0 Å². The Bertz CT molecular complexity index is 724. The highest BCUT2D eigenvalue weighted by Gasteiger charge is 2.14. The van der Waals surface area contributed by atoms with Crippen molar-refractivity contribution < 1.29 is 5.11 Å². The van der Waals surface area contributed by atoms with Crippen molar-refractivity contribution in [2.75, 3.05) is 6.61 Å². The molecule has 3 rings (SSSR count). The average Bonchev–Trinajstić information content (AvgIpc) is 2.88. The van der Waals surface area contributed by atoms with Gasteiger partial charge in [0.1, 0.15) is 0 Å². The van der Waals surface area contributed by atoms with Gasteiger partial charge in [-0.2, -0.15) is 0 Å². The number of benzene rings is 2. The molecule has 4 heteroatoms. The Balaban J connectivity index is 0.00000176. The van der Waals surface area contributed by atoms with Crippen molar-refractivity contribution in [3.05, 3.63) is 71.9 Å². The van der Waals surface area contributed by atoms with Crippen LogP contribution < -0.4 is 5.73 Å². The van der Waals surface area contributed by atoms with E-state index in [9.17, 15) is 0 Å². The second kappa shape index (κ2) is 7.45. The zero-order valence-electron chi connectivity index (χ0n) is 12.4. The first-order chi connectivity index (χ1) is 10.3. The number of aliphatic hydroxyl groups is 1. The first-order valence-corrected chi connectivity index (χ1v) is 7.27. The lowest BCUT2D eigenvalue weighted by Crippen LogP contribution is -2.11. The summed E-state index contributed by atoms with van der Waals surface area (Å²) in [6.07, 6.45) is 2.71. The smallest absolute Gasteiger partial charge is 0.0486 e. The Morgan fingerprint density at radius 3 is 2.41 bits per heavy atom. The van der Waals surface area contributed by atoms with Crippen molar-refractivity contribution in [3.63, 3.8) is 0 Å². The molecule has 1 atom stereocenters. The molecule has 1 unspecified atom stereocenters. The van der Waals surface area contributed by atoms with E-state index in [1.165, 1.54) is 16.5 Å². The van der Waals surface area contributed by atoms with Crippen molar-refractivity contribution >= 4 is 23.3 Å². The normalized spacial score (nSPS) is 12.1. The minimum atomic E-state index is -0.128. The van der Waals surface area contributed by atoms with Crippen LogP contribution in [0.4, 0.5) is 0 Å². The van der Waals surface area contributed by atoms with Crippen LogP contribution in [0.15, 0.2) is 60.8 Å². The fraction of sp³-hybridized carbons (Fsp3) is 0.222. The molecule has 0 saturated heterocycles. The second-order valence-corrected chi connectivity index (χ2v) is 5.33. The van der Waals surface area contributed by atoms with E-state index in [4.69, 9.17) is 10.8 Å². The van der Waals surface area contributed by atoms with Gasteiger partial charge in [-0.25, -0.2) is 0 Å². The van der Waals surface area contributed by atoms with E-state index in [1.807, 2.05) is 18.2 Å². The third-order valence-corrected chi connectivity index (χ3v) is 3.85. The number of nitrogens with zero attached hydrogens (tertiary/aromatic N) is 1. The SMILES string of the molecule is Cl.NC(CCO)c1cn(Cc2ccccc2)c2ccccc12. The molecule has 1 aromatic heterocycles. The predicted octanol–water partition coefficient (Wildman–Crippen LogP) is 3.49. The number of hydrogen-bond donors (Lipinski definition) is 2. The highest BCUT2D eigenvalue weighted by Crippen LogP contribution is 2.27. The largest absolute Gasteiger partial charge is 0.396 e. The maximum Gasteiger partial charge on any atom is 0.0486 e. The molecule has 0 saturated carbocycles. The lowest BCUT2D eigenvalue weighted by Gasteiger charge is -2.08. The van der Waals surface area contributed by atoms with E-state index < -0.39 is 0 Å². The fourth-order valence-corrected chi connectivity index (χ4v) is 2.78. The van der Waals surface area contributed by atoms with Gasteiger partial charge in [-0.3, -0.25) is 0 Å². The van der Waals surface area contributed by atoms with Crippen LogP contribution in [0.2, 0.25) is 0 Å². The molecule has 3 aromatic rings. The van der Waals surface area contributed by atoms with Gasteiger partial charge >= 0.3 is 0 Å². The molecule has 0 fully saturated rings. The Morgan fingerprint density at radius 2 is 1.68 bits per heavy atom. The van der Waals surface area contributed by atoms with Crippen LogP contribution in [-0.4, -0.2) is 16.3 Å². The van der Waals surface area contributed by atoms with E-state index in [0.717, 1.165) is 12.1 Å². The highest BCUT2D eigenvalue weighted by atomic mass is 35.5. The summed E-state index contributed by atoms with van der Waals surface area (Å²) in [5, 5.41) is 10.3. The summed E-state index contributed by atoms with van der Waals surface area (Å²) in [7, 11) is 0. The molecular weight excluding hydrogens is 296 g/mol. The molecule has 0 radical (unpaired) electrons. The molecule has 0 aliphatic rings. The number of aromatic nitrogens is 1. The first-order valence-electron chi connectivity index (χ1n) is 7.27. The number of halogens is 1. The van der Waals surface area contributed by atoms with Crippen molar-refractivity contribution in [1.82, 2.24) is 4.57 Å². The van der Waals surface area contributed by atoms with E-state index in [0.29, 0.717) is 6.42 Å². The van der Waals surface area contributed by atoms with Gasteiger partial charge in [0.05, 0.1) is 0 Å². The Kier molecular flexibility index (Phi) is 5.61. The van der Waals surface area contributed by atoms with Crippen LogP contribution in [0, 0.1) is 0 Å². The molecule has 0 spiro atoms. The van der Waals surface area contributed by atoms with Gasteiger partial charge in [0.2, 0.25) is 0 Å². The van der Waals surface area contributed by atoms with Crippen LogP contribution in [0.3, 0.4) is 0 Å². The van der Waals surface area contributed by atoms with Gasteiger partial charge in [-0.1, -0.05) is 48.5 Å². The standard InChI is InChI=1S/C18H20N2O.ClH/c19-17(10-11-21)16-13-20(12-14-6-2-1-3-7-14)18-9-5-4-8-15(16)18;/h1-9,13,17,21H,10-12,19H2;1H. The molecule has 0 bridgehead atoms. The summed E-state index contributed by atoms with van der Waals surface area (Å²) >= 11 is 0. The van der Waals surface area contributed by atoms with Crippen LogP contribution in [-0.2, 0) is 6.54 Å². The molecule has 2 aromatic carbocycles. The molecule has 3 N–H and O–H groups in total. The molecule has 1 heterocycles. The topological polar surface area (TPSA) is 51.2 Å². The Morgan fingerprint density at radius 1 is 1.00 bits per heavy atom. The number of fused-ring (bicyclic) bond motifs is 1. The maximum absolute atomic E-state index is 9.13. The van der Waals surface area contributed by atoms with Gasteiger partial charge in [-0.15, -0.1) is 12.4 Å². The van der Waals surface area contributed by atoms with E-state index in [-0.39, 0.29) is 25.1 Å². The number of rotatable bonds is 5. The van der Waals surface area contributed by atoms with E-state index in [1.54, 1.807) is 0 Å². The van der Waals surface area contributed by atoms with Crippen molar-refractivity contribution in [2.24, 2.45) is 5.73 Å². The lowest BCUT2D eigenvalue weighted by molar-refractivity contribution is 0.277. The first kappa shape index (κ1) is 16.6. The van der Waals surface area contributed by atoms with Crippen LogP contribution in [0.1, 0.15) is 23.6 Å². The third kappa shape index (κ3) is 3.33. The molecule has 3 nitrogen and oxygen atoms in total.